The predicted octanol–water partition coefficient (Wildman–Crippen LogP) is 2.49. The van der Waals surface area contributed by atoms with Gasteiger partial charge < -0.3 is 14.9 Å². The van der Waals surface area contributed by atoms with Crippen LogP contribution < -0.4 is 5.11 Å². The van der Waals surface area contributed by atoms with Gasteiger partial charge in [0.1, 0.15) is 0 Å². The summed E-state index contributed by atoms with van der Waals surface area (Å²) in [6.45, 7) is 3.85. The van der Waals surface area contributed by atoms with Crippen LogP contribution in [0.3, 0.4) is 0 Å². The first-order valence-electron chi connectivity index (χ1n) is 8.48. The third-order valence-electron chi connectivity index (χ3n) is 5.42. The Kier molecular flexibility index (Phi) is 3.77. The lowest BCUT2D eigenvalue weighted by molar-refractivity contribution is -0.294. The maximum absolute atomic E-state index is 11.8. The summed E-state index contributed by atoms with van der Waals surface area (Å²) in [7, 11) is -1.01. The van der Waals surface area contributed by atoms with Crippen molar-refractivity contribution in [2.45, 2.75) is 25.7 Å². The molecule has 134 valence electrons. The van der Waals surface area contributed by atoms with Crippen LogP contribution in [0.4, 0.5) is 5.69 Å². The molecule has 2 aromatic carbocycles. The van der Waals surface area contributed by atoms with Crippen LogP contribution in [0.1, 0.15) is 24.5 Å². The number of benzene rings is 2. The van der Waals surface area contributed by atoms with Crippen LogP contribution in [0, 0.1) is 6.92 Å². The van der Waals surface area contributed by atoms with Crippen LogP contribution in [-0.4, -0.2) is 32.9 Å². The number of para-hydroxylation sites is 1. The minimum atomic E-state index is -1.27. The monoisotopic (exact) mass is 367 g/mol. The van der Waals surface area contributed by atoms with Crippen molar-refractivity contribution in [1.29, 1.82) is 0 Å². The highest BCUT2D eigenvalue weighted by Gasteiger charge is 2.41. The Balaban J connectivity index is 2.02. The van der Waals surface area contributed by atoms with Gasteiger partial charge in [0.25, 0.3) is 0 Å². The first-order chi connectivity index (χ1) is 12.3. The number of H-pyrrole nitrogens is 1. The summed E-state index contributed by atoms with van der Waals surface area (Å²) in [5, 5.41) is 13.9. The van der Waals surface area contributed by atoms with Gasteiger partial charge in [0.2, 0.25) is 0 Å². The molecule has 5 nitrogen and oxygen atoms in total. The summed E-state index contributed by atoms with van der Waals surface area (Å²) in [5.74, 6) is -0.856. The zero-order valence-electron chi connectivity index (χ0n) is 14.9. The number of aliphatic imine (C=N–C) groups is 1. The number of rotatable bonds is 4. The molecule has 26 heavy (non-hydrogen) atoms. The van der Waals surface area contributed by atoms with Gasteiger partial charge in [-0.2, -0.15) is 0 Å². The SMILES string of the molecule is Cc1c2c(cc3c1[nH]c1ccccc13)N=C(C(=O)[O-])C2(C)CCS(C)=O. The fourth-order valence-corrected chi connectivity index (χ4v) is 4.84. The average molecular weight is 367 g/mol. The minimum Gasteiger partial charge on any atom is -0.543 e. The molecule has 3 aromatic rings. The molecule has 4 rings (SSSR count). The van der Waals surface area contributed by atoms with Crippen molar-refractivity contribution >= 4 is 50.0 Å². The molecule has 1 aliphatic heterocycles. The zero-order valence-corrected chi connectivity index (χ0v) is 15.7. The number of hydrogen-bond donors (Lipinski definition) is 1. The molecule has 6 heteroatoms. The van der Waals surface area contributed by atoms with Crippen molar-refractivity contribution in [3.63, 3.8) is 0 Å². The first kappa shape index (κ1) is 17.0. The molecule has 1 N–H and O–H groups in total. The van der Waals surface area contributed by atoms with Crippen LogP contribution in [0.2, 0.25) is 0 Å². The number of carboxylic acids is 1. The quantitative estimate of drug-likeness (QED) is 0.769. The molecule has 0 radical (unpaired) electrons. The van der Waals surface area contributed by atoms with Crippen molar-refractivity contribution in [2.24, 2.45) is 4.99 Å². The van der Waals surface area contributed by atoms with E-state index in [1.165, 1.54) is 0 Å². The summed E-state index contributed by atoms with van der Waals surface area (Å²) in [6.07, 6.45) is 2.07. The minimum absolute atomic E-state index is 0.0259. The molecule has 2 unspecified atom stereocenters. The number of carboxylic acid groups (broad SMARTS) is 1. The molecule has 0 bridgehead atoms. The molecular weight excluding hydrogens is 348 g/mol. The van der Waals surface area contributed by atoms with Gasteiger partial charge in [-0.3, -0.25) is 9.20 Å². The Labute approximate surface area is 153 Å². The van der Waals surface area contributed by atoms with E-state index < -0.39 is 22.2 Å². The average Bonchev–Trinajstić information content (AvgIpc) is 3.10. The fraction of sp³-hybridized carbons (Fsp3) is 0.300. The van der Waals surface area contributed by atoms with E-state index in [1.807, 2.05) is 44.2 Å². The smallest absolute Gasteiger partial charge is 0.0867 e. The maximum Gasteiger partial charge on any atom is 0.0867 e. The Morgan fingerprint density at radius 3 is 2.73 bits per heavy atom. The Morgan fingerprint density at radius 2 is 2.04 bits per heavy atom. The third kappa shape index (κ3) is 2.32. The predicted molar refractivity (Wildman–Crippen MR) is 104 cm³/mol. The van der Waals surface area contributed by atoms with Crippen molar-refractivity contribution in [3.8, 4) is 0 Å². The van der Waals surface area contributed by atoms with Crippen molar-refractivity contribution < 1.29 is 14.1 Å². The van der Waals surface area contributed by atoms with E-state index in [0.717, 1.165) is 32.9 Å². The fourth-order valence-electron chi connectivity index (χ4n) is 4.14. The van der Waals surface area contributed by atoms with E-state index in [9.17, 15) is 14.1 Å². The summed E-state index contributed by atoms with van der Waals surface area (Å²) in [5.41, 5.74) is 3.79. The number of aryl methyl sites for hydroxylation is 1. The van der Waals surface area contributed by atoms with Crippen LogP contribution in [-0.2, 0) is 21.0 Å². The molecule has 0 amide bonds. The highest BCUT2D eigenvalue weighted by Crippen LogP contribution is 2.47. The van der Waals surface area contributed by atoms with Gasteiger partial charge in [-0.1, -0.05) is 18.2 Å². The number of nitrogens with zero attached hydrogens (tertiary/aromatic N) is 1. The number of nitrogens with one attached hydrogen (secondary N) is 1. The summed E-state index contributed by atoms with van der Waals surface area (Å²) in [4.78, 5) is 19.6. The van der Waals surface area contributed by atoms with Gasteiger partial charge >= 0.3 is 0 Å². The number of carbonyl (C=O) groups is 1. The van der Waals surface area contributed by atoms with Crippen molar-refractivity contribution in [3.05, 3.63) is 41.5 Å². The molecular formula is C20H19N2O3S-. The number of hydrogen-bond acceptors (Lipinski definition) is 4. The zero-order chi connectivity index (χ0) is 18.6. The Bertz CT molecular complexity index is 1130. The summed E-state index contributed by atoms with van der Waals surface area (Å²) in [6, 6.07) is 9.98. The van der Waals surface area contributed by atoms with Crippen molar-refractivity contribution in [2.75, 3.05) is 12.0 Å². The molecule has 0 saturated carbocycles. The standard InChI is InChI=1S/C20H20N2O3S/c1-11-16-15(10-13-12-6-4-5-7-14(12)21-17(11)13)22-18(19(23)24)20(16,2)8-9-26(3)25/h4-7,10,21H,8-9H2,1-3H3,(H,23,24)/p-1. The maximum atomic E-state index is 11.8. The van der Waals surface area contributed by atoms with E-state index in [-0.39, 0.29) is 5.71 Å². The first-order valence-corrected chi connectivity index (χ1v) is 10.2. The molecule has 1 aromatic heterocycles. The van der Waals surface area contributed by atoms with E-state index in [1.54, 1.807) is 6.26 Å². The van der Waals surface area contributed by atoms with E-state index in [2.05, 4.69) is 9.98 Å². The van der Waals surface area contributed by atoms with Crippen LogP contribution in [0.5, 0.6) is 0 Å². The molecule has 1 aliphatic rings. The highest BCUT2D eigenvalue weighted by atomic mass is 32.2. The lowest BCUT2D eigenvalue weighted by Crippen LogP contribution is -2.44. The van der Waals surface area contributed by atoms with E-state index in [0.29, 0.717) is 17.9 Å². The van der Waals surface area contributed by atoms with Crippen LogP contribution >= 0.6 is 0 Å². The van der Waals surface area contributed by atoms with Gasteiger partial charge in [0, 0.05) is 50.0 Å². The molecule has 0 aliphatic carbocycles. The van der Waals surface area contributed by atoms with Crippen LogP contribution in [0.15, 0.2) is 35.3 Å². The third-order valence-corrected chi connectivity index (χ3v) is 6.20. The Morgan fingerprint density at radius 1 is 1.31 bits per heavy atom. The van der Waals surface area contributed by atoms with Gasteiger partial charge in [-0.05, 0) is 43.5 Å². The van der Waals surface area contributed by atoms with Gasteiger partial charge in [0.15, 0.2) is 0 Å². The number of aliphatic carboxylic acids is 1. The second-order valence-corrected chi connectivity index (χ2v) is 8.65. The lowest BCUT2D eigenvalue weighted by Gasteiger charge is -2.29. The van der Waals surface area contributed by atoms with E-state index in [4.69, 9.17) is 0 Å². The molecule has 0 saturated heterocycles. The van der Waals surface area contributed by atoms with Crippen LogP contribution in [0.25, 0.3) is 21.8 Å². The number of fused-ring (bicyclic) bond motifs is 4. The van der Waals surface area contributed by atoms with Gasteiger partial charge in [0.05, 0.1) is 17.4 Å². The highest BCUT2D eigenvalue weighted by molar-refractivity contribution is 7.84. The largest absolute Gasteiger partial charge is 0.543 e. The summed E-state index contributed by atoms with van der Waals surface area (Å²) < 4.78 is 11.6. The van der Waals surface area contributed by atoms with Gasteiger partial charge in [-0.15, -0.1) is 0 Å². The molecule has 0 fully saturated rings. The number of carbonyl (C=O) groups excluding carboxylic acids is 1. The normalized spacial score (nSPS) is 20.3. The number of aromatic amines is 1. The molecule has 0 spiro atoms. The summed E-state index contributed by atoms with van der Waals surface area (Å²) >= 11 is 0. The Hall–Kier alpha value is -2.47. The molecule has 2 atom stereocenters. The second-order valence-electron chi connectivity index (χ2n) is 7.10. The second kappa shape index (κ2) is 5.77. The van der Waals surface area contributed by atoms with E-state index >= 15 is 0 Å². The topological polar surface area (TPSA) is 85.3 Å². The lowest BCUT2D eigenvalue weighted by atomic mass is 9.75. The van der Waals surface area contributed by atoms with Gasteiger partial charge in [-0.25, -0.2) is 0 Å². The number of aromatic nitrogens is 1. The van der Waals surface area contributed by atoms with Crippen molar-refractivity contribution in [1.82, 2.24) is 4.98 Å². The molecule has 2 heterocycles.